The van der Waals surface area contributed by atoms with Gasteiger partial charge >= 0.3 is 0 Å². The number of unbranched alkanes of at least 4 members (excludes halogenated alkanes) is 4. The Hall–Kier alpha value is -2.20. The number of aryl methyl sites for hydroxylation is 2. The third-order valence-corrected chi connectivity index (χ3v) is 11.2. The molecule has 1 heterocycles. The number of aromatic carboxylic acids is 1. The largest absolute Gasteiger partial charge is 0.550 e. The van der Waals surface area contributed by atoms with Gasteiger partial charge in [-0.1, -0.05) is 83.7 Å². The number of nitrogens with zero attached hydrogens (tertiary/aromatic N) is 2. The first-order chi connectivity index (χ1) is 18.1. The van der Waals surface area contributed by atoms with E-state index in [1.54, 1.807) is 42.8 Å². The number of carbonyl (C=O) groups is 2. The van der Waals surface area contributed by atoms with Crippen molar-refractivity contribution in [2.24, 2.45) is 7.05 Å². The summed E-state index contributed by atoms with van der Waals surface area (Å²) >= 11 is 0. The molecule has 7 heteroatoms. The summed E-state index contributed by atoms with van der Waals surface area (Å²) in [6, 6.07) is 8.06. The van der Waals surface area contributed by atoms with Crippen LogP contribution in [-0.4, -0.2) is 41.2 Å². The van der Waals surface area contributed by atoms with Crippen LogP contribution in [0, 0.1) is 0 Å². The molecule has 38 heavy (non-hydrogen) atoms. The first-order valence-electron chi connectivity index (χ1n) is 14.4. The predicted molar refractivity (Wildman–Crippen MR) is 159 cm³/mol. The number of benzene rings is 1. The molecule has 0 N–H and O–H groups in total. The van der Waals surface area contributed by atoms with Gasteiger partial charge in [0, 0.05) is 13.2 Å². The van der Waals surface area contributed by atoms with Crippen LogP contribution in [0.1, 0.15) is 103 Å². The lowest BCUT2D eigenvalue weighted by Crippen LogP contribution is -2.23. The molecule has 218 valence electrons. The van der Waals surface area contributed by atoms with E-state index in [9.17, 15) is 9.90 Å². The Kier molecular flexibility index (Phi) is 25.1. The SMILES string of the molecule is CC(=O)[O-].CCCC[P+](CCCC)(CCCC)CCCC.CCn1cc[n+](C)c1.O=C([O-])c1ccccc1. The normalized spacial score (nSPS) is 10.2. The van der Waals surface area contributed by atoms with Gasteiger partial charge in [-0.25, -0.2) is 9.13 Å². The van der Waals surface area contributed by atoms with Crippen molar-refractivity contribution < 1.29 is 24.4 Å². The molecule has 1 aromatic carbocycles. The molecular formula is C31H55N2O4P. The summed E-state index contributed by atoms with van der Waals surface area (Å²) in [5.41, 5.74) is 0.220. The lowest BCUT2D eigenvalue weighted by atomic mass is 10.2. The van der Waals surface area contributed by atoms with E-state index >= 15 is 0 Å². The molecule has 0 aliphatic heterocycles. The lowest BCUT2D eigenvalue weighted by molar-refractivity contribution is -0.671. The average molecular weight is 551 g/mol. The number of aromatic nitrogens is 2. The zero-order valence-corrected chi connectivity index (χ0v) is 26.2. The number of imidazole rings is 1. The summed E-state index contributed by atoms with van der Waals surface area (Å²) in [5, 5.41) is 19.0. The summed E-state index contributed by atoms with van der Waals surface area (Å²) in [5.74, 6) is -2.21. The second-order valence-corrected chi connectivity index (χ2v) is 14.2. The number of carbonyl (C=O) groups excluding carboxylic acids is 2. The Bertz CT molecular complexity index is 783. The second-order valence-electron chi connectivity index (χ2n) is 9.70. The summed E-state index contributed by atoms with van der Waals surface area (Å²) in [6.07, 6.45) is 24.1. The first kappa shape index (κ1) is 37.9. The molecular weight excluding hydrogens is 495 g/mol. The zero-order chi connectivity index (χ0) is 29.2. The van der Waals surface area contributed by atoms with E-state index in [1.807, 2.05) is 17.8 Å². The van der Waals surface area contributed by atoms with Crippen LogP contribution in [0.25, 0.3) is 0 Å². The molecule has 2 aromatic rings. The van der Waals surface area contributed by atoms with Gasteiger partial charge in [-0.05, 0) is 45.1 Å². The number of rotatable bonds is 14. The summed E-state index contributed by atoms with van der Waals surface area (Å²) in [4.78, 5) is 19.0. The van der Waals surface area contributed by atoms with E-state index in [0.717, 1.165) is 13.5 Å². The minimum absolute atomic E-state index is 0.220. The van der Waals surface area contributed by atoms with E-state index in [1.165, 1.54) is 63.5 Å². The maximum atomic E-state index is 10.1. The van der Waals surface area contributed by atoms with E-state index < -0.39 is 19.2 Å². The molecule has 0 spiro atoms. The molecule has 0 aliphatic carbocycles. The fourth-order valence-electron chi connectivity index (χ4n) is 3.91. The van der Waals surface area contributed by atoms with Gasteiger partial charge in [-0.2, -0.15) is 0 Å². The fraction of sp³-hybridized carbons (Fsp3) is 0.645. The van der Waals surface area contributed by atoms with Gasteiger partial charge in [0.2, 0.25) is 6.33 Å². The van der Waals surface area contributed by atoms with Crippen LogP contribution in [0.5, 0.6) is 0 Å². The van der Waals surface area contributed by atoms with E-state index in [4.69, 9.17) is 9.90 Å². The van der Waals surface area contributed by atoms with Crippen LogP contribution in [0.15, 0.2) is 49.1 Å². The topological polar surface area (TPSA) is 89.1 Å². The van der Waals surface area contributed by atoms with Crippen molar-refractivity contribution in [2.75, 3.05) is 24.6 Å². The van der Waals surface area contributed by atoms with Crippen LogP contribution in [0.2, 0.25) is 0 Å². The molecule has 0 radical (unpaired) electrons. The molecule has 0 aliphatic rings. The highest BCUT2D eigenvalue weighted by Gasteiger charge is 2.34. The Balaban J connectivity index is 0. The smallest absolute Gasteiger partial charge is 0.243 e. The van der Waals surface area contributed by atoms with E-state index in [-0.39, 0.29) is 5.56 Å². The zero-order valence-electron chi connectivity index (χ0n) is 25.3. The molecule has 0 unspecified atom stereocenters. The van der Waals surface area contributed by atoms with Crippen molar-refractivity contribution in [1.82, 2.24) is 4.57 Å². The second kappa shape index (κ2) is 25.1. The molecule has 0 amide bonds. The van der Waals surface area contributed by atoms with Gasteiger partial charge in [-0.3, -0.25) is 0 Å². The Morgan fingerprint density at radius 1 is 0.789 bits per heavy atom. The van der Waals surface area contributed by atoms with Gasteiger partial charge in [0.15, 0.2) is 0 Å². The van der Waals surface area contributed by atoms with Gasteiger partial charge < -0.3 is 19.8 Å². The third kappa shape index (κ3) is 21.8. The van der Waals surface area contributed by atoms with Crippen molar-refractivity contribution in [3.63, 3.8) is 0 Å². The third-order valence-electron chi connectivity index (χ3n) is 6.14. The van der Waals surface area contributed by atoms with Crippen LogP contribution in [0.3, 0.4) is 0 Å². The van der Waals surface area contributed by atoms with Crippen molar-refractivity contribution in [3.05, 3.63) is 54.6 Å². The van der Waals surface area contributed by atoms with Crippen LogP contribution >= 0.6 is 7.26 Å². The fourth-order valence-corrected chi connectivity index (χ4v) is 9.20. The van der Waals surface area contributed by atoms with Gasteiger partial charge in [0.05, 0.1) is 44.2 Å². The van der Waals surface area contributed by atoms with Crippen LogP contribution in [-0.2, 0) is 18.4 Å². The predicted octanol–water partition coefficient (Wildman–Crippen LogP) is 5.34. The van der Waals surface area contributed by atoms with Crippen molar-refractivity contribution in [2.45, 2.75) is 99.5 Å². The quantitative estimate of drug-likeness (QED) is 0.235. The molecule has 2 rings (SSSR count). The highest BCUT2D eigenvalue weighted by Crippen LogP contribution is 2.61. The molecule has 0 saturated carbocycles. The molecule has 0 fully saturated rings. The van der Waals surface area contributed by atoms with Crippen LogP contribution in [0.4, 0.5) is 0 Å². The van der Waals surface area contributed by atoms with E-state index in [2.05, 4.69) is 51.7 Å². The number of hydrogen-bond donors (Lipinski definition) is 0. The summed E-state index contributed by atoms with van der Waals surface area (Å²) < 4.78 is 4.16. The van der Waals surface area contributed by atoms with Crippen LogP contribution < -0.4 is 14.8 Å². The molecule has 1 aromatic heterocycles. The minimum atomic E-state index is -1.13. The first-order valence-corrected chi connectivity index (χ1v) is 16.9. The highest BCUT2D eigenvalue weighted by atomic mass is 31.2. The lowest BCUT2D eigenvalue weighted by Gasteiger charge is -2.28. The van der Waals surface area contributed by atoms with Crippen molar-refractivity contribution in [3.8, 4) is 0 Å². The number of carboxylic acid groups (broad SMARTS) is 2. The molecule has 0 atom stereocenters. The maximum absolute atomic E-state index is 10.1. The van der Waals surface area contributed by atoms with E-state index in [0.29, 0.717) is 0 Å². The van der Waals surface area contributed by atoms with Crippen molar-refractivity contribution >= 4 is 19.2 Å². The number of hydrogen-bond acceptors (Lipinski definition) is 4. The summed E-state index contributed by atoms with van der Waals surface area (Å²) in [6.45, 7) is 13.6. The average Bonchev–Trinajstić information content (AvgIpc) is 3.34. The molecule has 0 bridgehead atoms. The maximum Gasteiger partial charge on any atom is 0.243 e. The number of aliphatic carboxylic acids is 1. The highest BCUT2D eigenvalue weighted by molar-refractivity contribution is 7.75. The summed E-state index contributed by atoms with van der Waals surface area (Å²) in [7, 11) is 1.46. The Morgan fingerprint density at radius 2 is 1.18 bits per heavy atom. The van der Waals surface area contributed by atoms with Gasteiger partial charge in [0.1, 0.15) is 12.4 Å². The van der Waals surface area contributed by atoms with Crippen molar-refractivity contribution in [1.29, 1.82) is 0 Å². The number of carboxylic acids is 2. The van der Waals surface area contributed by atoms with Gasteiger partial charge in [0.25, 0.3) is 0 Å². The Labute approximate surface area is 233 Å². The molecule has 6 nitrogen and oxygen atoms in total. The standard InChI is InChI=1S/C16H36P.C7H6O2.C6H11N2.C2H4O2/c1-5-9-13-17(14-10-6-2,15-11-7-3)16-12-8-4;8-7(9)6-4-2-1-3-5-6;1-3-8-5-4-7(2)6-8;1-2(3)4/h5-16H2,1-4H3;1-5H,(H,8,9);4-6H,3H2,1-2H3;1H3,(H,3,4)/q+1;;+1;/p-2. The Morgan fingerprint density at radius 3 is 1.39 bits per heavy atom. The molecule has 0 saturated heterocycles. The monoisotopic (exact) mass is 550 g/mol. The minimum Gasteiger partial charge on any atom is -0.550 e. The van der Waals surface area contributed by atoms with Gasteiger partial charge in [-0.15, -0.1) is 0 Å².